The molecular weight excluding hydrogens is 506 g/mol. The molecule has 35 heavy (non-hydrogen) atoms. The van der Waals surface area contributed by atoms with E-state index in [1.165, 1.54) is 5.56 Å². The van der Waals surface area contributed by atoms with Gasteiger partial charge in [0, 0.05) is 28.7 Å². The van der Waals surface area contributed by atoms with E-state index < -0.39 is 5.97 Å². The maximum atomic E-state index is 13.2. The van der Waals surface area contributed by atoms with Gasteiger partial charge in [-0.05, 0) is 74.0 Å². The van der Waals surface area contributed by atoms with Gasteiger partial charge in [-0.1, -0.05) is 52.3 Å². The number of carboxylic acid groups (broad SMARTS) is 1. The molecule has 0 radical (unpaired) electrons. The molecule has 4 rings (SSSR count). The topological polar surface area (TPSA) is 81.7 Å². The molecule has 1 amide bonds. The number of hydrogen-bond acceptors (Lipinski definition) is 4. The van der Waals surface area contributed by atoms with Gasteiger partial charge < -0.3 is 20.6 Å². The minimum Gasteiger partial charge on any atom is -0.481 e. The number of carboxylic acids is 1. The molecule has 0 bridgehead atoms. The van der Waals surface area contributed by atoms with Crippen molar-refractivity contribution in [2.75, 3.05) is 31.3 Å². The lowest BCUT2D eigenvalue weighted by Gasteiger charge is -2.17. The van der Waals surface area contributed by atoms with E-state index >= 15 is 0 Å². The SMILES string of the molecule is CN(C)CCc1cccc(N/C(=C2\C(=O)Nc3cc(Br)ccc32)c2cccc(CCC(=O)O)c2)c1. The predicted octanol–water partition coefficient (Wildman–Crippen LogP) is 5.50. The number of anilines is 2. The van der Waals surface area contributed by atoms with E-state index in [9.17, 15) is 9.59 Å². The van der Waals surface area contributed by atoms with Gasteiger partial charge >= 0.3 is 5.97 Å². The summed E-state index contributed by atoms with van der Waals surface area (Å²) in [4.78, 5) is 26.4. The van der Waals surface area contributed by atoms with E-state index in [4.69, 9.17) is 5.11 Å². The van der Waals surface area contributed by atoms with Gasteiger partial charge in [0.15, 0.2) is 0 Å². The summed E-state index contributed by atoms with van der Waals surface area (Å²) in [6.45, 7) is 0.938. The highest BCUT2D eigenvalue weighted by Crippen LogP contribution is 2.39. The summed E-state index contributed by atoms with van der Waals surface area (Å²) < 4.78 is 0.886. The summed E-state index contributed by atoms with van der Waals surface area (Å²) in [7, 11) is 4.10. The van der Waals surface area contributed by atoms with Gasteiger partial charge in [0.25, 0.3) is 5.91 Å². The summed E-state index contributed by atoms with van der Waals surface area (Å²) in [6, 6.07) is 21.7. The molecule has 3 aromatic rings. The fourth-order valence-electron chi connectivity index (χ4n) is 4.11. The lowest BCUT2D eigenvalue weighted by atomic mass is 9.97. The molecule has 6 nitrogen and oxygen atoms in total. The van der Waals surface area contributed by atoms with Crippen LogP contribution in [0, 0.1) is 0 Å². The first-order valence-electron chi connectivity index (χ1n) is 11.5. The highest BCUT2D eigenvalue weighted by molar-refractivity contribution is 9.10. The number of nitrogens with one attached hydrogen (secondary N) is 2. The van der Waals surface area contributed by atoms with Gasteiger partial charge in [-0.2, -0.15) is 0 Å². The van der Waals surface area contributed by atoms with Crippen LogP contribution in [-0.4, -0.2) is 42.5 Å². The Hall–Kier alpha value is -3.42. The second-order valence-corrected chi connectivity index (χ2v) is 9.78. The fraction of sp³-hybridized carbons (Fsp3) is 0.214. The van der Waals surface area contributed by atoms with Crippen LogP contribution in [0.3, 0.4) is 0 Å². The monoisotopic (exact) mass is 533 g/mol. The van der Waals surface area contributed by atoms with E-state index in [2.05, 4.69) is 57.7 Å². The molecule has 0 atom stereocenters. The molecule has 0 saturated carbocycles. The average Bonchev–Trinajstić information content (AvgIpc) is 3.14. The normalized spacial score (nSPS) is 14.0. The molecule has 180 valence electrons. The Labute approximate surface area is 213 Å². The standard InChI is InChI=1S/C28H28BrN3O3/c1-32(2)14-13-19-6-4-8-22(16-19)30-27(20-7-3-5-18(15-20)9-12-25(33)34)26-23-11-10-21(29)17-24(23)31-28(26)35/h3-8,10-11,15-17,30H,9,12-14H2,1-2H3,(H,31,35)(H,33,34)/b27-26-. The number of benzene rings is 3. The largest absolute Gasteiger partial charge is 0.481 e. The summed E-state index contributed by atoms with van der Waals surface area (Å²) in [5.41, 5.74) is 6.63. The van der Waals surface area contributed by atoms with Crippen molar-refractivity contribution < 1.29 is 14.7 Å². The van der Waals surface area contributed by atoms with Gasteiger partial charge in [-0.15, -0.1) is 0 Å². The molecule has 1 aliphatic rings. The second kappa shape index (κ2) is 10.9. The third-order valence-electron chi connectivity index (χ3n) is 5.86. The van der Waals surface area contributed by atoms with Crippen molar-refractivity contribution in [1.82, 2.24) is 4.90 Å². The van der Waals surface area contributed by atoms with Gasteiger partial charge in [0.2, 0.25) is 0 Å². The highest BCUT2D eigenvalue weighted by atomic mass is 79.9. The average molecular weight is 534 g/mol. The molecule has 3 aromatic carbocycles. The Kier molecular flexibility index (Phi) is 7.68. The maximum Gasteiger partial charge on any atom is 0.303 e. The Morgan fingerprint density at radius 2 is 1.74 bits per heavy atom. The number of aliphatic carboxylic acids is 1. The summed E-state index contributed by atoms with van der Waals surface area (Å²) in [5.74, 6) is -1.02. The first-order valence-corrected chi connectivity index (χ1v) is 12.3. The molecule has 7 heteroatoms. The highest BCUT2D eigenvalue weighted by Gasteiger charge is 2.28. The molecular formula is C28H28BrN3O3. The van der Waals surface area contributed by atoms with Crippen molar-refractivity contribution in [3.63, 3.8) is 0 Å². The third-order valence-corrected chi connectivity index (χ3v) is 6.36. The Bertz CT molecular complexity index is 1300. The van der Waals surface area contributed by atoms with Crippen molar-refractivity contribution in [2.24, 2.45) is 0 Å². The third kappa shape index (κ3) is 6.18. The van der Waals surface area contributed by atoms with E-state index in [1.807, 2.05) is 54.6 Å². The Balaban J connectivity index is 1.79. The first kappa shape index (κ1) is 24.7. The fourth-order valence-corrected chi connectivity index (χ4v) is 4.47. The van der Waals surface area contributed by atoms with Crippen LogP contribution in [0.25, 0.3) is 11.3 Å². The van der Waals surface area contributed by atoms with Gasteiger partial charge in [-0.25, -0.2) is 0 Å². The zero-order valence-corrected chi connectivity index (χ0v) is 21.4. The van der Waals surface area contributed by atoms with Crippen LogP contribution in [0.4, 0.5) is 11.4 Å². The first-order chi connectivity index (χ1) is 16.8. The van der Waals surface area contributed by atoms with E-state index in [1.54, 1.807) is 0 Å². The van der Waals surface area contributed by atoms with Crippen molar-refractivity contribution >= 4 is 50.5 Å². The number of carbonyl (C=O) groups is 2. The van der Waals surface area contributed by atoms with E-state index in [0.29, 0.717) is 17.7 Å². The summed E-state index contributed by atoms with van der Waals surface area (Å²) in [6.07, 6.45) is 1.38. The zero-order valence-electron chi connectivity index (χ0n) is 19.8. The van der Waals surface area contributed by atoms with Crippen molar-refractivity contribution in [1.29, 1.82) is 0 Å². The molecule has 1 aliphatic heterocycles. The van der Waals surface area contributed by atoms with Crippen LogP contribution in [-0.2, 0) is 22.4 Å². The number of carbonyl (C=O) groups excluding carboxylic acids is 1. The van der Waals surface area contributed by atoms with Gasteiger partial charge in [0.05, 0.1) is 17.0 Å². The molecule has 0 aliphatic carbocycles. The number of hydrogen-bond donors (Lipinski definition) is 3. The minimum atomic E-state index is -0.837. The number of nitrogens with zero attached hydrogens (tertiary/aromatic N) is 1. The molecule has 3 N–H and O–H groups in total. The summed E-state index contributed by atoms with van der Waals surface area (Å²) >= 11 is 3.48. The van der Waals surface area contributed by atoms with Crippen LogP contribution < -0.4 is 10.6 Å². The summed E-state index contributed by atoms with van der Waals surface area (Å²) in [5, 5.41) is 15.6. The quantitative estimate of drug-likeness (QED) is 0.316. The number of fused-ring (bicyclic) bond motifs is 1. The number of aryl methyl sites for hydroxylation is 1. The number of rotatable bonds is 9. The molecule has 0 aromatic heterocycles. The van der Waals surface area contributed by atoms with Crippen LogP contribution in [0.1, 0.15) is 28.7 Å². The lowest BCUT2D eigenvalue weighted by Crippen LogP contribution is -2.15. The molecule has 1 heterocycles. The van der Waals surface area contributed by atoms with Crippen LogP contribution in [0.2, 0.25) is 0 Å². The van der Waals surface area contributed by atoms with Crippen LogP contribution in [0.5, 0.6) is 0 Å². The second-order valence-electron chi connectivity index (χ2n) is 8.87. The predicted molar refractivity (Wildman–Crippen MR) is 144 cm³/mol. The minimum absolute atomic E-state index is 0.0497. The van der Waals surface area contributed by atoms with Crippen molar-refractivity contribution in [2.45, 2.75) is 19.3 Å². The Morgan fingerprint density at radius 1 is 1.00 bits per heavy atom. The van der Waals surface area contributed by atoms with Crippen molar-refractivity contribution in [3.05, 3.63) is 93.5 Å². The molecule has 0 spiro atoms. The van der Waals surface area contributed by atoms with Crippen LogP contribution >= 0.6 is 15.9 Å². The van der Waals surface area contributed by atoms with E-state index in [-0.39, 0.29) is 12.3 Å². The molecule has 0 saturated heterocycles. The molecule has 0 unspecified atom stereocenters. The van der Waals surface area contributed by atoms with Crippen LogP contribution in [0.15, 0.2) is 71.2 Å². The van der Waals surface area contributed by atoms with E-state index in [0.717, 1.165) is 45.5 Å². The van der Waals surface area contributed by atoms with Gasteiger partial charge in [0.1, 0.15) is 0 Å². The van der Waals surface area contributed by atoms with Gasteiger partial charge in [-0.3, -0.25) is 9.59 Å². The lowest BCUT2D eigenvalue weighted by molar-refractivity contribution is -0.137. The smallest absolute Gasteiger partial charge is 0.303 e. The number of halogens is 1. The molecule has 0 fully saturated rings. The number of likely N-dealkylation sites (N-methyl/N-ethyl adjacent to an activating group) is 1. The Morgan fingerprint density at radius 3 is 2.49 bits per heavy atom. The number of amides is 1. The van der Waals surface area contributed by atoms with Crippen molar-refractivity contribution in [3.8, 4) is 0 Å². The maximum absolute atomic E-state index is 13.2. The zero-order chi connectivity index (χ0) is 24.9.